The minimum Gasteiger partial charge on any atom is -0.477 e. The summed E-state index contributed by atoms with van der Waals surface area (Å²) < 4.78 is 50.6. The van der Waals surface area contributed by atoms with Gasteiger partial charge < -0.3 is 161 Å². The molecular weight excluding hydrogens is 1180 g/mol. The summed E-state index contributed by atoms with van der Waals surface area (Å²) in [5.74, 6) is -20.9. The minimum atomic E-state index is -3.55. The van der Waals surface area contributed by atoms with E-state index in [1.807, 2.05) is 0 Å². The molecule has 0 aromatic rings. The monoisotopic (exact) mass is 1260 g/mol. The third-order valence-corrected chi connectivity index (χ3v) is 14.9. The highest BCUT2D eigenvalue weighted by Crippen LogP contribution is 2.42. The predicted octanol–water partition coefficient (Wildman–Crippen LogP) is -13.7. The molecule has 5 saturated heterocycles. The number of nitrogens with one attached hydrogen (secondary N) is 4. The summed E-state index contributed by atoms with van der Waals surface area (Å²) in [6, 6.07) is -7.49. The number of hydrogen-bond donors (Lipinski definition) is 23. The van der Waals surface area contributed by atoms with Crippen LogP contribution < -0.4 is 21.3 Å². The second-order valence-electron chi connectivity index (χ2n) is 21.2. The first-order chi connectivity index (χ1) is 40.1. The maximum atomic E-state index is 13.5. The summed E-state index contributed by atoms with van der Waals surface area (Å²) in [5, 5.41) is 217. The van der Waals surface area contributed by atoms with Crippen LogP contribution in [0.5, 0.6) is 0 Å². The SMILES string of the molecule is CC(=O)N[C@@H]1[C@@H](O)[C@H](O[C@@H]2O[C@H](CO)[C@H](O)[C@H](O[C@]3(C(=O)O)C[C@H](O)[C@@H](NC(C)=O)[C@H]([C@H](O)[C@@H](CO)O[C@]4(C(=O)O)C[C@H](O)[C@@H](NC(C)=O)[C@H]([C@H](O)[C@@H](CO)O[C@]5(C(=O)O)C[C@H](O)[C@@H](NC(C)=O)[C@H]([C@H](O)[C@H](O)CO)O5)O4)O3)[C@H]2O)[C@@H](CO)O[C@H]1O. The molecule has 0 radical (unpaired) electrons. The van der Waals surface area contributed by atoms with Gasteiger partial charge in [-0.1, -0.05) is 0 Å². The number of carbonyl (C=O) groups is 7. The highest BCUT2D eigenvalue weighted by molar-refractivity contribution is 5.78. The van der Waals surface area contributed by atoms with E-state index in [1.54, 1.807) is 0 Å². The third kappa shape index (κ3) is 15.6. The lowest BCUT2D eigenvalue weighted by Crippen LogP contribution is -2.72. The Morgan fingerprint density at radius 2 is 0.849 bits per heavy atom. The van der Waals surface area contributed by atoms with Crippen molar-refractivity contribution in [2.75, 3.05) is 33.0 Å². The van der Waals surface area contributed by atoms with Crippen LogP contribution in [0.2, 0.25) is 0 Å². The van der Waals surface area contributed by atoms with Crippen molar-refractivity contribution in [1.29, 1.82) is 0 Å². The summed E-state index contributed by atoms with van der Waals surface area (Å²) in [6.45, 7) is -2.89. The number of carboxylic acids is 3. The van der Waals surface area contributed by atoms with E-state index in [0.29, 0.717) is 0 Å². The van der Waals surface area contributed by atoms with Crippen molar-refractivity contribution in [3.05, 3.63) is 0 Å². The van der Waals surface area contributed by atoms with Crippen LogP contribution in [0.4, 0.5) is 0 Å². The van der Waals surface area contributed by atoms with Crippen LogP contribution in [0.15, 0.2) is 0 Å². The molecule has 0 unspecified atom stereocenters. The van der Waals surface area contributed by atoms with Crippen LogP contribution in [-0.4, -0.2) is 342 Å². The van der Waals surface area contributed by atoms with E-state index in [1.165, 1.54) is 0 Å². The molecule has 4 amide bonds. The molecule has 5 aliphatic heterocycles. The van der Waals surface area contributed by atoms with Crippen LogP contribution in [0.1, 0.15) is 47.0 Å². The number of ether oxygens (including phenoxy) is 9. The number of rotatable bonds is 26. The van der Waals surface area contributed by atoms with Gasteiger partial charge in [-0.25, -0.2) is 14.4 Å². The minimum absolute atomic E-state index is 0.799. The molecule has 5 fully saturated rings. The van der Waals surface area contributed by atoms with Gasteiger partial charge in [0.15, 0.2) is 12.6 Å². The fourth-order valence-electron chi connectivity index (χ4n) is 10.8. The summed E-state index contributed by atoms with van der Waals surface area (Å²) in [4.78, 5) is 89.2. The molecule has 5 rings (SSSR count). The van der Waals surface area contributed by atoms with Crippen molar-refractivity contribution in [2.45, 2.75) is 217 Å². The fraction of sp³-hybridized carbons (Fsp3) is 0.851. The van der Waals surface area contributed by atoms with Crippen LogP contribution in [0.25, 0.3) is 0 Å². The van der Waals surface area contributed by atoms with Gasteiger partial charge in [0, 0.05) is 47.0 Å². The maximum absolute atomic E-state index is 13.5. The summed E-state index contributed by atoms with van der Waals surface area (Å²) in [6.07, 6.45) is -51.8. The maximum Gasteiger partial charge on any atom is 0.364 e. The van der Waals surface area contributed by atoms with Crippen molar-refractivity contribution < 1.29 is 173 Å². The predicted molar refractivity (Wildman–Crippen MR) is 265 cm³/mol. The average Bonchev–Trinajstić information content (AvgIpc) is 0.907. The van der Waals surface area contributed by atoms with Crippen molar-refractivity contribution in [1.82, 2.24) is 21.3 Å². The van der Waals surface area contributed by atoms with E-state index >= 15 is 0 Å². The molecule has 494 valence electrons. The number of aliphatic carboxylic acids is 3. The Morgan fingerprint density at radius 1 is 0.477 bits per heavy atom. The van der Waals surface area contributed by atoms with Gasteiger partial charge in [0.05, 0.1) is 69.5 Å². The van der Waals surface area contributed by atoms with Crippen molar-refractivity contribution in [2.24, 2.45) is 0 Å². The number of hydrogen-bond acceptors (Lipinski definition) is 32. The lowest BCUT2D eigenvalue weighted by atomic mass is 9.86. The van der Waals surface area contributed by atoms with Gasteiger partial charge >= 0.3 is 17.9 Å². The molecule has 0 aromatic carbocycles. The topological polar surface area (TPSA) is 635 Å². The van der Waals surface area contributed by atoms with E-state index < -0.39 is 264 Å². The second-order valence-corrected chi connectivity index (χ2v) is 21.2. The van der Waals surface area contributed by atoms with Gasteiger partial charge in [-0.15, -0.1) is 0 Å². The number of aliphatic hydroxyl groups is 16. The zero-order valence-electron chi connectivity index (χ0n) is 46.1. The van der Waals surface area contributed by atoms with Crippen LogP contribution in [-0.2, 0) is 76.2 Å². The summed E-state index contributed by atoms with van der Waals surface area (Å²) >= 11 is 0. The van der Waals surface area contributed by atoms with Gasteiger partial charge in [-0.2, -0.15) is 0 Å². The van der Waals surface area contributed by atoms with E-state index in [2.05, 4.69) is 21.3 Å². The van der Waals surface area contributed by atoms with Gasteiger partial charge in [-0.05, 0) is 0 Å². The molecule has 86 heavy (non-hydrogen) atoms. The summed E-state index contributed by atoms with van der Waals surface area (Å²) in [7, 11) is 0. The highest BCUT2D eigenvalue weighted by atomic mass is 16.8. The quantitative estimate of drug-likeness (QED) is 0.0382. The molecule has 39 heteroatoms. The van der Waals surface area contributed by atoms with Gasteiger partial charge in [0.2, 0.25) is 23.6 Å². The lowest BCUT2D eigenvalue weighted by molar-refractivity contribution is -0.385. The standard InChI is InChI=1S/C47H76N4O35/c1-13(57)48-25-17(61)5-45(42(72)73,83-36(25)29(65)20(64)8-52)81-22(10-54)31(67)37-26(49-14(2)58)18(62)6-46(84-37,43(74)75)82-23(11-55)32(68)38-27(50-15(3)59)19(63)7-47(85-38,44(76)77)86-39-30(66)21(9-53)79-41(34(39)70)80-35-24(12-56)78-40(71)28(33(35)69)51-16(4)60/h17-41,52-56,61-71H,5-12H2,1-4H3,(H,48,57)(H,49,58)(H,50,59)(H,51,60)(H,72,73)(H,74,75)(H,76,77)/t17-,18-,19-,20+,21+,22+,23+,24+,25+,26+,27+,28+,29+,30-,31+,32+,33+,34+,35+,36+,37+,38+,39-,40+,41-,45+,46+,47-/m0/s1. The zero-order valence-corrected chi connectivity index (χ0v) is 46.1. The van der Waals surface area contributed by atoms with Gasteiger partial charge in [-0.3, -0.25) is 19.2 Å². The van der Waals surface area contributed by atoms with Crippen molar-refractivity contribution in [3.63, 3.8) is 0 Å². The van der Waals surface area contributed by atoms with E-state index in [4.69, 9.17) is 42.6 Å². The molecule has 5 aliphatic rings. The number of carbonyl (C=O) groups excluding carboxylic acids is 4. The largest absolute Gasteiger partial charge is 0.477 e. The van der Waals surface area contributed by atoms with Crippen molar-refractivity contribution >= 4 is 41.5 Å². The number of carboxylic acid groups (broad SMARTS) is 3. The Labute approximate surface area is 485 Å². The molecule has 23 N–H and O–H groups in total. The third-order valence-electron chi connectivity index (χ3n) is 14.9. The zero-order chi connectivity index (χ0) is 64.8. The molecule has 0 bridgehead atoms. The number of aliphatic hydroxyl groups excluding tert-OH is 16. The van der Waals surface area contributed by atoms with Crippen LogP contribution in [0, 0.1) is 0 Å². The Morgan fingerprint density at radius 3 is 1.21 bits per heavy atom. The van der Waals surface area contributed by atoms with E-state index in [0.717, 1.165) is 27.7 Å². The Bertz CT molecular complexity index is 2350. The fourth-order valence-corrected chi connectivity index (χ4v) is 10.8. The first-order valence-corrected chi connectivity index (χ1v) is 26.5. The Hall–Kier alpha value is -4.71. The molecule has 0 aliphatic carbocycles. The lowest BCUT2D eigenvalue weighted by Gasteiger charge is -2.51. The molecule has 5 heterocycles. The van der Waals surface area contributed by atoms with E-state index in [9.17, 15) is 131 Å². The highest BCUT2D eigenvalue weighted by Gasteiger charge is 2.64. The first-order valence-electron chi connectivity index (χ1n) is 26.5. The number of amides is 4. The molecule has 39 nitrogen and oxygen atoms in total. The molecule has 0 saturated carbocycles. The van der Waals surface area contributed by atoms with Crippen LogP contribution >= 0.6 is 0 Å². The van der Waals surface area contributed by atoms with Gasteiger partial charge in [0.25, 0.3) is 17.4 Å². The molecule has 28 atom stereocenters. The molecule has 0 aromatic heterocycles. The smallest absolute Gasteiger partial charge is 0.364 e. The van der Waals surface area contributed by atoms with Crippen LogP contribution in [0.3, 0.4) is 0 Å². The van der Waals surface area contributed by atoms with Crippen molar-refractivity contribution in [3.8, 4) is 0 Å². The molecule has 0 spiro atoms. The second kappa shape index (κ2) is 29.7. The molecular formula is C47H76N4O35. The Kier molecular flexibility index (Phi) is 24.9. The van der Waals surface area contributed by atoms with E-state index in [-0.39, 0.29) is 0 Å². The normalized spacial score (nSPS) is 40.6. The van der Waals surface area contributed by atoms with Gasteiger partial charge in [0.1, 0.15) is 104 Å². The Balaban J connectivity index is 1.52. The average molecular weight is 1260 g/mol. The summed E-state index contributed by atoms with van der Waals surface area (Å²) in [5.41, 5.74) is 0. The first kappa shape index (κ1) is 72.0.